The normalized spacial score (nSPS) is 10.9. The topological polar surface area (TPSA) is 103 Å². The van der Waals surface area contributed by atoms with Gasteiger partial charge >= 0.3 is 6.61 Å². The van der Waals surface area contributed by atoms with Crippen molar-refractivity contribution in [1.29, 1.82) is 5.26 Å². The number of aromatic nitrogens is 2. The average Bonchev–Trinajstić information content (AvgIpc) is 2.69. The van der Waals surface area contributed by atoms with Gasteiger partial charge in [-0.3, -0.25) is 9.78 Å². The van der Waals surface area contributed by atoms with Crippen molar-refractivity contribution in [3.63, 3.8) is 0 Å². The second kappa shape index (κ2) is 8.71. The molecule has 0 amide bonds. The van der Waals surface area contributed by atoms with Crippen molar-refractivity contribution in [3.8, 4) is 23.1 Å². The molecule has 0 saturated carbocycles. The van der Waals surface area contributed by atoms with Gasteiger partial charge in [0.1, 0.15) is 23.2 Å². The van der Waals surface area contributed by atoms with E-state index < -0.39 is 18.0 Å². The molecule has 0 spiro atoms. The van der Waals surface area contributed by atoms with Crippen LogP contribution in [0.5, 0.6) is 5.75 Å². The van der Waals surface area contributed by atoms with Gasteiger partial charge in [0, 0.05) is 17.2 Å². The summed E-state index contributed by atoms with van der Waals surface area (Å²) in [6.45, 7) is -3.06. The summed E-state index contributed by atoms with van der Waals surface area (Å²) >= 11 is 0. The lowest BCUT2D eigenvalue weighted by molar-refractivity contribution is -0.0499. The maximum absolute atomic E-state index is 13.9. The number of halogens is 3. The number of hydrogen-bond donors (Lipinski definition) is 2. The standard InChI is InChI=1S/C19H12F3N5O2/c20-15-8-13(29-18(21)22)7-6-12(15)10-24-27-19-25-16(11-4-2-1-3-5-11)14(9-23)17(28)26-19/h1-8,10,18H,(H2,25,26,27,28). The van der Waals surface area contributed by atoms with Crippen molar-refractivity contribution in [3.05, 3.63) is 75.8 Å². The van der Waals surface area contributed by atoms with Crippen molar-refractivity contribution in [2.24, 2.45) is 5.10 Å². The summed E-state index contributed by atoms with van der Waals surface area (Å²) in [5, 5.41) is 13.0. The highest BCUT2D eigenvalue weighted by molar-refractivity contribution is 5.80. The fourth-order valence-electron chi connectivity index (χ4n) is 2.39. The van der Waals surface area contributed by atoms with Crippen LogP contribution in [-0.4, -0.2) is 22.8 Å². The molecule has 3 aromatic rings. The molecular formula is C19H12F3N5O2. The number of anilines is 1. The van der Waals surface area contributed by atoms with E-state index in [1.54, 1.807) is 30.3 Å². The lowest BCUT2D eigenvalue weighted by Gasteiger charge is -2.06. The molecule has 0 unspecified atom stereocenters. The fraction of sp³-hybridized carbons (Fsp3) is 0.0526. The highest BCUT2D eigenvalue weighted by atomic mass is 19.3. The summed E-state index contributed by atoms with van der Waals surface area (Å²) in [5.41, 5.74) is 2.32. The second-order valence-electron chi connectivity index (χ2n) is 5.55. The SMILES string of the molecule is N#Cc1c(-c2ccccc2)nc(NN=Cc2ccc(OC(F)F)cc2F)[nH]c1=O. The van der Waals surface area contributed by atoms with Gasteiger partial charge in [-0.2, -0.15) is 19.1 Å². The Hall–Kier alpha value is -4.13. The third kappa shape index (κ3) is 4.78. The average molecular weight is 399 g/mol. The molecule has 2 aromatic carbocycles. The van der Waals surface area contributed by atoms with Crippen LogP contribution in [0.15, 0.2) is 58.4 Å². The Morgan fingerprint density at radius 3 is 2.66 bits per heavy atom. The van der Waals surface area contributed by atoms with Crippen LogP contribution in [-0.2, 0) is 0 Å². The zero-order valence-corrected chi connectivity index (χ0v) is 14.6. The van der Waals surface area contributed by atoms with Gasteiger partial charge in [-0.15, -0.1) is 0 Å². The van der Waals surface area contributed by atoms with Gasteiger partial charge in [-0.25, -0.2) is 14.8 Å². The van der Waals surface area contributed by atoms with Gasteiger partial charge < -0.3 is 4.74 Å². The van der Waals surface area contributed by atoms with E-state index in [1.165, 1.54) is 6.07 Å². The molecular weight excluding hydrogens is 387 g/mol. The first-order valence-electron chi connectivity index (χ1n) is 8.11. The number of nitrogens with one attached hydrogen (secondary N) is 2. The minimum atomic E-state index is -3.06. The highest BCUT2D eigenvalue weighted by Gasteiger charge is 2.13. The molecule has 1 aromatic heterocycles. The third-order valence-corrected chi connectivity index (χ3v) is 3.65. The van der Waals surface area contributed by atoms with Crippen LogP contribution in [0.1, 0.15) is 11.1 Å². The molecule has 0 fully saturated rings. The molecule has 10 heteroatoms. The molecule has 0 aliphatic rings. The van der Waals surface area contributed by atoms with Crippen LogP contribution in [0.3, 0.4) is 0 Å². The molecule has 2 N–H and O–H groups in total. The smallest absolute Gasteiger partial charge is 0.387 e. The molecule has 0 radical (unpaired) electrons. The van der Waals surface area contributed by atoms with Crippen LogP contribution in [0.4, 0.5) is 19.1 Å². The van der Waals surface area contributed by atoms with Crippen LogP contribution < -0.4 is 15.7 Å². The maximum Gasteiger partial charge on any atom is 0.387 e. The Kier molecular flexibility index (Phi) is 5.89. The molecule has 29 heavy (non-hydrogen) atoms. The van der Waals surface area contributed by atoms with E-state index in [9.17, 15) is 23.2 Å². The molecule has 1 heterocycles. The molecule has 0 bridgehead atoms. The van der Waals surface area contributed by atoms with Crippen molar-refractivity contribution in [2.75, 3.05) is 5.43 Å². The molecule has 7 nitrogen and oxygen atoms in total. The number of hydrazone groups is 1. The summed E-state index contributed by atoms with van der Waals surface area (Å²) in [6.07, 6.45) is 1.07. The van der Waals surface area contributed by atoms with Gasteiger partial charge in [0.25, 0.3) is 5.56 Å². The number of benzene rings is 2. The number of rotatable bonds is 6. The van der Waals surface area contributed by atoms with E-state index >= 15 is 0 Å². The molecule has 3 rings (SSSR count). The monoisotopic (exact) mass is 399 g/mol. The molecule has 0 aliphatic carbocycles. The Morgan fingerprint density at radius 2 is 2.00 bits per heavy atom. The Balaban J connectivity index is 1.83. The number of ether oxygens (including phenoxy) is 1. The summed E-state index contributed by atoms with van der Waals surface area (Å²) in [6, 6.07) is 13.6. The first-order valence-corrected chi connectivity index (χ1v) is 8.11. The quantitative estimate of drug-likeness (QED) is 0.488. The number of nitrogens with zero attached hydrogens (tertiary/aromatic N) is 3. The van der Waals surface area contributed by atoms with E-state index in [2.05, 4.69) is 25.2 Å². The number of hydrogen-bond acceptors (Lipinski definition) is 6. The van der Waals surface area contributed by atoms with Crippen LogP contribution in [0.2, 0.25) is 0 Å². The van der Waals surface area contributed by atoms with Crippen molar-refractivity contribution < 1.29 is 17.9 Å². The molecule has 0 atom stereocenters. The largest absolute Gasteiger partial charge is 0.435 e. The summed E-state index contributed by atoms with van der Waals surface area (Å²) in [5.74, 6) is -1.23. The lowest BCUT2D eigenvalue weighted by Crippen LogP contribution is -2.16. The summed E-state index contributed by atoms with van der Waals surface area (Å²) in [7, 11) is 0. The predicted octanol–water partition coefficient (Wildman–Crippen LogP) is 3.50. The fourth-order valence-corrected chi connectivity index (χ4v) is 2.39. The van der Waals surface area contributed by atoms with E-state index in [0.29, 0.717) is 5.56 Å². The maximum atomic E-state index is 13.9. The van der Waals surface area contributed by atoms with E-state index in [0.717, 1.165) is 18.3 Å². The number of H-pyrrole nitrogens is 1. The minimum absolute atomic E-state index is 0.0154. The highest BCUT2D eigenvalue weighted by Crippen LogP contribution is 2.20. The van der Waals surface area contributed by atoms with E-state index in [-0.39, 0.29) is 28.5 Å². The van der Waals surface area contributed by atoms with Crippen molar-refractivity contribution >= 4 is 12.2 Å². The van der Waals surface area contributed by atoms with Crippen LogP contribution in [0.25, 0.3) is 11.3 Å². The summed E-state index contributed by atoms with van der Waals surface area (Å²) < 4.78 is 42.3. The third-order valence-electron chi connectivity index (χ3n) is 3.65. The molecule has 0 saturated heterocycles. The van der Waals surface area contributed by atoms with Crippen molar-refractivity contribution in [2.45, 2.75) is 6.61 Å². The zero-order valence-electron chi connectivity index (χ0n) is 14.6. The first-order chi connectivity index (χ1) is 14.0. The van der Waals surface area contributed by atoms with E-state index in [4.69, 9.17) is 0 Å². The number of aromatic amines is 1. The van der Waals surface area contributed by atoms with Crippen LogP contribution >= 0.6 is 0 Å². The van der Waals surface area contributed by atoms with Crippen molar-refractivity contribution in [1.82, 2.24) is 9.97 Å². The second-order valence-corrected chi connectivity index (χ2v) is 5.55. The summed E-state index contributed by atoms with van der Waals surface area (Å²) in [4.78, 5) is 18.7. The van der Waals surface area contributed by atoms with Gasteiger partial charge in [0.15, 0.2) is 0 Å². The molecule has 146 valence electrons. The van der Waals surface area contributed by atoms with E-state index in [1.807, 2.05) is 6.07 Å². The Bertz CT molecular complexity index is 1140. The van der Waals surface area contributed by atoms with Gasteiger partial charge in [0.05, 0.1) is 11.9 Å². The lowest BCUT2D eigenvalue weighted by atomic mass is 10.1. The first kappa shape index (κ1) is 19.6. The predicted molar refractivity (Wildman–Crippen MR) is 99.3 cm³/mol. The minimum Gasteiger partial charge on any atom is -0.435 e. The van der Waals surface area contributed by atoms with Gasteiger partial charge in [-0.05, 0) is 12.1 Å². The van der Waals surface area contributed by atoms with Crippen LogP contribution in [0, 0.1) is 17.1 Å². The van der Waals surface area contributed by atoms with Gasteiger partial charge in [0.2, 0.25) is 5.95 Å². The Labute approximate surface area is 162 Å². The zero-order chi connectivity index (χ0) is 20.8. The Morgan fingerprint density at radius 1 is 1.24 bits per heavy atom. The molecule has 0 aliphatic heterocycles. The number of alkyl halides is 2. The van der Waals surface area contributed by atoms with Gasteiger partial charge in [-0.1, -0.05) is 30.3 Å². The number of nitriles is 1.